The van der Waals surface area contributed by atoms with Crippen LogP contribution >= 0.6 is 11.3 Å². The zero-order chi connectivity index (χ0) is 50.3. The van der Waals surface area contributed by atoms with Crippen molar-refractivity contribution in [2.45, 2.75) is 45.4 Å². The maximum atomic E-state index is 15.2. The predicted molar refractivity (Wildman–Crippen MR) is 295 cm³/mol. The summed E-state index contributed by atoms with van der Waals surface area (Å²) in [6.07, 6.45) is 0. The van der Waals surface area contributed by atoms with Gasteiger partial charge in [-0.1, -0.05) is 88.4 Å². The molecule has 0 N–H and O–H groups in total. The van der Waals surface area contributed by atoms with Crippen LogP contribution in [0, 0.1) is 30.2 Å². The summed E-state index contributed by atoms with van der Waals surface area (Å²) in [7, 11) is 0. The third-order valence-corrected chi connectivity index (χ3v) is 17.3. The molecule has 0 bridgehead atoms. The lowest BCUT2D eigenvalue weighted by Gasteiger charge is -2.28. The molecule has 358 valence electrons. The van der Waals surface area contributed by atoms with Gasteiger partial charge in [-0.2, -0.15) is 0 Å². The van der Waals surface area contributed by atoms with Gasteiger partial charge in [0.1, 0.15) is 34.4 Å². The fraction of sp³-hybridized carbons (Fsp3) is 0.108. The first-order valence-corrected chi connectivity index (χ1v) is 25.6. The molecule has 0 spiro atoms. The minimum absolute atomic E-state index is 0.287. The van der Waals surface area contributed by atoms with Gasteiger partial charge in [0.2, 0.25) is 0 Å². The molecule has 2 aliphatic rings. The number of fused-ring (bicyclic) bond motifs is 16. The second-order valence-corrected chi connectivity index (χ2v) is 22.2. The molecule has 0 saturated heterocycles. The number of hydrogen-bond acceptors (Lipinski definition) is 4. The molecule has 0 aliphatic heterocycles. The molecule has 0 saturated carbocycles. The van der Waals surface area contributed by atoms with Crippen molar-refractivity contribution in [3.8, 4) is 22.3 Å². The van der Waals surface area contributed by atoms with Gasteiger partial charge in [0.25, 0.3) is 0 Å². The first-order chi connectivity index (χ1) is 35.7. The molecule has 2 aliphatic carbocycles. The van der Waals surface area contributed by atoms with Gasteiger partial charge in [0.15, 0.2) is 5.58 Å². The van der Waals surface area contributed by atoms with Crippen LogP contribution in [0.5, 0.6) is 0 Å². The average Bonchev–Trinajstić information content (AvgIpc) is 4.22. The van der Waals surface area contributed by atoms with Crippen molar-refractivity contribution < 1.29 is 22.0 Å². The smallest absolute Gasteiger partial charge is 0.161 e. The summed E-state index contributed by atoms with van der Waals surface area (Å²) in [5.41, 5.74) is 18.1. The van der Waals surface area contributed by atoms with E-state index in [9.17, 15) is 0 Å². The Labute approximate surface area is 426 Å². The highest BCUT2D eigenvalue weighted by molar-refractivity contribution is 7.26. The minimum atomic E-state index is -0.672. The summed E-state index contributed by atoms with van der Waals surface area (Å²) in [5.74, 6) is -2.66. The highest BCUT2D eigenvalue weighted by Crippen LogP contribution is 2.54. The minimum Gasteiger partial charge on any atom is -0.454 e. The summed E-state index contributed by atoms with van der Waals surface area (Å²) in [6, 6.07) is 53.6. The first kappa shape index (κ1) is 43.2. The quantitative estimate of drug-likeness (QED) is 0.155. The SMILES string of the molecule is Cc1cc2c3oc4cc(N(c5cc(F)cc(F)c5)c5ccc6c(c5)C(C)(C)c5ccccc5-6)ccc4c3n3c2c(c1)c1sc2cc(N(c4cc(F)cc(F)c4)c4ccc5c(c4)C(C)(C)c4ccccc4-5)ccc2c13. The number of rotatable bonds is 6. The molecule has 0 amide bonds. The number of halogens is 4. The summed E-state index contributed by atoms with van der Waals surface area (Å²) in [6.45, 7) is 11.0. The van der Waals surface area contributed by atoms with Gasteiger partial charge >= 0.3 is 0 Å². The number of thiophene rings is 1. The molecule has 9 heteroatoms. The highest BCUT2D eigenvalue weighted by Gasteiger charge is 2.38. The molecular formula is C65H43F4N3OS. The number of aromatic nitrogens is 1. The van der Waals surface area contributed by atoms with E-state index < -0.39 is 23.3 Å². The Kier molecular flexibility index (Phi) is 8.68. The van der Waals surface area contributed by atoms with E-state index in [0.29, 0.717) is 22.6 Å². The summed E-state index contributed by atoms with van der Waals surface area (Å²) < 4.78 is 72.3. The van der Waals surface area contributed by atoms with Crippen molar-refractivity contribution in [1.29, 1.82) is 0 Å². The third kappa shape index (κ3) is 5.90. The van der Waals surface area contributed by atoms with Crippen molar-refractivity contribution in [1.82, 2.24) is 4.40 Å². The second-order valence-electron chi connectivity index (χ2n) is 21.2. The average molecular weight is 990 g/mol. The van der Waals surface area contributed by atoms with Gasteiger partial charge in [0.05, 0.1) is 27.1 Å². The van der Waals surface area contributed by atoms with Crippen LogP contribution in [-0.2, 0) is 10.8 Å². The Bertz CT molecular complexity index is 4270. The second kappa shape index (κ2) is 14.9. The maximum absolute atomic E-state index is 15.2. The van der Waals surface area contributed by atoms with Crippen molar-refractivity contribution >= 4 is 104 Å². The Morgan fingerprint density at radius 3 is 1.46 bits per heavy atom. The fourth-order valence-electron chi connectivity index (χ4n) is 12.8. The van der Waals surface area contributed by atoms with E-state index in [1.807, 2.05) is 40.1 Å². The van der Waals surface area contributed by atoms with Gasteiger partial charge in [-0.15, -0.1) is 11.3 Å². The zero-order valence-corrected chi connectivity index (χ0v) is 41.7. The van der Waals surface area contributed by atoms with Gasteiger partial charge in [-0.25, -0.2) is 17.6 Å². The van der Waals surface area contributed by atoms with Crippen molar-refractivity contribution in [2.75, 3.05) is 9.80 Å². The number of furan rings is 1. The Balaban J connectivity index is 0.908. The first-order valence-electron chi connectivity index (χ1n) is 24.8. The zero-order valence-electron chi connectivity index (χ0n) is 40.8. The van der Waals surface area contributed by atoms with E-state index in [-0.39, 0.29) is 10.8 Å². The Morgan fingerprint density at radius 1 is 0.419 bits per heavy atom. The topological polar surface area (TPSA) is 24.0 Å². The van der Waals surface area contributed by atoms with Gasteiger partial charge < -0.3 is 18.6 Å². The lowest BCUT2D eigenvalue weighted by molar-refractivity contribution is 0.583. The molecule has 4 nitrogen and oxygen atoms in total. The normalized spacial score (nSPS) is 14.2. The summed E-state index contributed by atoms with van der Waals surface area (Å²) in [5, 5.41) is 4.03. The van der Waals surface area contributed by atoms with Crippen molar-refractivity contribution in [3.05, 3.63) is 221 Å². The Morgan fingerprint density at radius 2 is 0.892 bits per heavy atom. The fourth-order valence-corrected chi connectivity index (χ4v) is 14.1. The van der Waals surface area contributed by atoms with E-state index in [1.165, 1.54) is 46.5 Å². The van der Waals surface area contributed by atoms with E-state index in [4.69, 9.17) is 4.42 Å². The predicted octanol–water partition coefficient (Wildman–Crippen LogP) is 19.2. The van der Waals surface area contributed by atoms with Crippen LogP contribution < -0.4 is 9.80 Å². The lowest BCUT2D eigenvalue weighted by atomic mass is 9.82. The molecule has 13 aromatic rings. The van der Waals surface area contributed by atoms with Crippen molar-refractivity contribution in [3.63, 3.8) is 0 Å². The monoisotopic (exact) mass is 989 g/mol. The molecule has 15 rings (SSSR count). The molecule has 74 heavy (non-hydrogen) atoms. The van der Waals surface area contributed by atoms with E-state index in [1.54, 1.807) is 11.3 Å². The van der Waals surface area contributed by atoms with Gasteiger partial charge in [0, 0.05) is 78.0 Å². The van der Waals surface area contributed by atoms with Crippen LogP contribution in [-0.4, -0.2) is 4.40 Å². The molecule has 0 fully saturated rings. The molecule has 0 radical (unpaired) electrons. The molecule has 9 aromatic carbocycles. The van der Waals surface area contributed by atoms with E-state index in [2.05, 4.69) is 142 Å². The van der Waals surface area contributed by atoms with Crippen molar-refractivity contribution in [2.24, 2.45) is 0 Å². The summed E-state index contributed by atoms with van der Waals surface area (Å²) in [4.78, 5) is 3.85. The number of benzene rings is 9. The van der Waals surface area contributed by atoms with Crippen LogP contribution in [0.15, 0.2) is 174 Å². The molecule has 0 unspecified atom stereocenters. The number of hydrogen-bond donors (Lipinski definition) is 0. The van der Waals surface area contributed by atoms with Gasteiger partial charge in [-0.05, 0) is 148 Å². The summed E-state index contributed by atoms with van der Waals surface area (Å²) >= 11 is 1.70. The number of anilines is 6. The number of aryl methyl sites for hydroxylation is 1. The maximum Gasteiger partial charge on any atom is 0.161 e. The lowest BCUT2D eigenvalue weighted by Crippen LogP contribution is -2.16. The highest BCUT2D eigenvalue weighted by atomic mass is 32.1. The standard InChI is InChI=1S/C65H43F4N3OS/c1-34-22-51-59-52(23-34)63-61(50-21-17-42(33-58(50)74-63)71(44-28-37(68)25-38(69)29-44)40-15-19-48-46-11-7-9-13-54(46)65(4,5)56(48)31-40)72(59)60-49-20-16-41(32-57(49)73-62(51)60)70(43-26-35(66)24-36(67)27-43)39-14-18-47-45-10-6-8-12-53(45)64(2,3)55(47)30-39/h6-33H,1-5H3. The van der Waals surface area contributed by atoms with Crippen LogP contribution in [0.3, 0.4) is 0 Å². The van der Waals surface area contributed by atoms with E-state index >= 15 is 17.6 Å². The molecular weight excluding hydrogens is 947 g/mol. The molecule has 0 atom stereocenters. The largest absolute Gasteiger partial charge is 0.454 e. The van der Waals surface area contributed by atoms with Crippen LogP contribution in [0.25, 0.3) is 80.9 Å². The van der Waals surface area contributed by atoms with E-state index in [0.717, 1.165) is 110 Å². The van der Waals surface area contributed by atoms with Crippen LogP contribution in [0.4, 0.5) is 51.7 Å². The van der Waals surface area contributed by atoms with Crippen LogP contribution in [0.1, 0.15) is 55.5 Å². The Hall–Kier alpha value is -8.40. The van der Waals surface area contributed by atoms with Gasteiger partial charge in [-0.3, -0.25) is 0 Å². The molecule has 4 aromatic heterocycles. The molecule has 4 heterocycles. The number of nitrogens with zero attached hydrogens (tertiary/aromatic N) is 3. The van der Waals surface area contributed by atoms with Crippen LogP contribution in [0.2, 0.25) is 0 Å². The third-order valence-electron chi connectivity index (χ3n) is 16.1.